The summed E-state index contributed by atoms with van der Waals surface area (Å²) in [7, 11) is 0. The number of anilines is 2. The summed E-state index contributed by atoms with van der Waals surface area (Å²) in [5, 5.41) is 11.6. The third-order valence-electron chi connectivity index (χ3n) is 5.98. The standard InChI is InChI=1S/C28H29N7O4/c1-18-10-12-31-23(16-18)34-28(38)19-6-8-21(9-7-19)39-22-11-13-32-26(29)25(22)27(30)33-20-4-2-14-35(17-20)24(37)5-3-15-36/h6-13,16,20,36H,2,4,14-15,17H2,1H3,(H2,29,32)(H2,30,33)(H,31,34,38). The second-order valence-electron chi connectivity index (χ2n) is 8.89. The molecule has 1 unspecified atom stereocenters. The maximum atomic E-state index is 12.6. The van der Waals surface area contributed by atoms with Crippen molar-refractivity contribution in [2.45, 2.75) is 25.8 Å². The monoisotopic (exact) mass is 527 g/mol. The number of aliphatic imine (C=N–C) groups is 1. The van der Waals surface area contributed by atoms with E-state index in [4.69, 9.17) is 21.3 Å². The number of aliphatic hydroxyl groups excluding tert-OH is 1. The van der Waals surface area contributed by atoms with Crippen molar-refractivity contribution in [1.29, 1.82) is 0 Å². The Hall–Kier alpha value is -4.95. The second-order valence-corrected chi connectivity index (χ2v) is 8.89. The van der Waals surface area contributed by atoms with Crippen LogP contribution in [0, 0.1) is 18.8 Å². The van der Waals surface area contributed by atoms with Crippen LogP contribution in [0.15, 0.2) is 59.9 Å². The highest BCUT2D eigenvalue weighted by Crippen LogP contribution is 2.29. The minimum Gasteiger partial charge on any atom is -0.456 e. The number of likely N-dealkylation sites (tertiary alicyclic amines) is 1. The summed E-state index contributed by atoms with van der Waals surface area (Å²) in [5.41, 5.74) is 14.3. The highest BCUT2D eigenvalue weighted by atomic mass is 16.5. The number of amidine groups is 1. The number of hydrogen-bond acceptors (Lipinski definition) is 8. The molecule has 3 heterocycles. The molecule has 1 atom stereocenters. The molecule has 0 radical (unpaired) electrons. The van der Waals surface area contributed by atoms with Gasteiger partial charge < -0.3 is 31.5 Å². The maximum absolute atomic E-state index is 12.6. The lowest BCUT2D eigenvalue weighted by molar-refractivity contribution is -0.126. The molecule has 2 aromatic heterocycles. The molecule has 200 valence electrons. The van der Waals surface area contributed by atoms with Gasteiger partial charge in [-0.25, -0.2) is 9.97 Å². The number of carbonyl (C=O) groups excluding carboxylic acids is 2. The number of benzene rings is 1. The van der Waals surface area contributed by atoms with Gasteiger partial charge in [0.25, 0.3) is 11.8 Å². The average molecular weight is 528 g/mol. The highest BCUT2D eigenvalue weighted by Gasteiger charge is 2.24. The van der Waals surface area contributed by atoms with Gasteiger partial charge in [-0.05, 0) is 67.6 Å². The number of rotatable bonds is 6. The smallest absolute Gasteiger partial charge is 0.298 e. The Morgan fingerprint density at radius 1 is 1.21 bits per heavy atom. The molecule has 0 saturated carbocycles. The first-order valence-electron chi connectivity index (χ1n) is 12.3. The normalized spacial score (nSPS) is 15.2. The molecule has 11 nitrogen and oxygen atoms in total. The van der Waals surface area contributed by atoms with Crippen LogP contribution < -0.4 is 21.5 Å². The molecule has 1 aliphatic heterocycles. The number of aliphatic hydroxyl groups is 1. The molecule has 1 aromatic carbocycles. The Morgan fingerprint density at radius 2 is 1.97 bits per heavy atom. The van der Waals surface area contributed by atoms with E-state index in [0.29, 0.717) is 41.5 Å². The first kappa shape index (κ1) is 27.1. The van der Waals surface area contributed by atoms with Gasteiger partial charge >= 0.3 is 0 Å². The second kappa shape index (κ2) is 12.5. The van der Waals surface area contributed by atoms with E-state index < -0.39 is 0 Å². The zero-order valence-corrected chi connectivity index (χ0v) is 21.4. The minimum atomic E-state index is -0.377. The predicted octanol–water partition coefficient (Wildman–Crippen LogP) is 2.10. The van der Waals surface area contributed by atoms with Gasteiger partial charge in [-0.2, -0.15) is 0 Å². The SMILES string of the molecule is Cc1ccnc(NC(=O)c2ccc(Oc3ccnc(N)c3C(N)=NC3CCCN(C(=O)C#CCO)C3)cc2)c1. The van der Waals surface area contributed by atoms with Gasteiger partial charge in [0.2, 0.25) is 0 Å². The molecule has 3 aromatic rings. The van der Waals surface area contributed by atoms with E-state index >= 15 is 0 Å². The fourth-order valence-corrected chi connectivity index (χ4v) is 4.10. The zero-order chi connectivity index (χ0) is 27.8. The fraction of sp³-hybridized carbons (Fsp3) is 0.250. The first-order valence-corrected chi connectivity index (χ1v) is 12.3. The van der Waals surface area contributed by atoms with E-state index in [2.05, 4.69) is 32.1 Å². The molecule has 1 saturated heterocycles. The third-order valence-corrected chi connectivity index (χ3v) is 5.98. The minimum absolute atomic E-state index is 0.137. The number of nitrogens with one attached hydrogen (secondary N) is 1. The van der Waals surface area contributed by atoms with Crippen LogP contribution in [-0.4, -0.2) is 63.4 Å². The van der Waals surface area contributed by atoms with Gasteiger partial charge in [0, 0.05) is 37.1 Å². The van der Waals surface area contributed by atoms with Gasteiger partial charge in [0.15, 0.2) is 0 Å². The summed E-state index contributed by atoms with van der Waals surface area (Å²) in [4.78, 5) is 39.3. The number of ether oxygens (including phenoxy) is 1. The number of aromatic nitrogens is 2. The number of aryl methyl sites for hydroxylation is 1. The number of amides is 2. The van der Waals surface area contributed by atoms with Crippen LogP contribution in [0.5, 0.6) is 11.5 Å². The van der Waals surface area contributed by atoms with E-state index in [9.17, 15) is 9.59 Å². The molecule has 39 heavy (non-hydrogen) atoms. The molecular weight excluding hydrogens is 498 g/mol. The number of pyridine rings is 2. The van der Waals surface area contributed by atoms with E-state index in [1.54, 1.807) is 47.5 Å². The number of nitrogens with two attached hydrogens (primary N) is 2. The largest absolute Gasteiger partial charge is 0.456 e. The van der Waals surface area contributed by atoms with Gasteiger partial charge in [-0.1, -0.05) is 5.92 Å². The molecule has 11 heteroatoms. The molecular formula is C28H29N7O4. The summed E-state index contributed by atoms with van der Waals surface area (Å²) in [6.07, 6.45) is 4.60. The number of hydrogen-bond donors (Lipinski definition) is 4. The lowest BCUT2D eigenvalue weighted by Crippen LogP contribution is -2.41. The maximum Gasteiger partial charge on any atom is 0.298 e. The summed E-state index contributed by atoms with van der Waals surface area (Å²) in [5.74, 6) is 5.68. The molecule has 6 N–H and O–H groups in total. The van der Waals surface area contributed by atoms with Crippen molar-refractivity contribution >= 4 is 29.3 Å². The zero-order valence-electron chi connectivity index (χ0n) is 21.4. The Balaban J connectivity index is 1.48. The Kier molecular flexibility index (Phi) is 8.71. The Labute approximate surface area is 225 Å². The van der Waals surface area contributed by atoms with Crippen molar-refractivity contribution in [2.24, 2.45) is 10.7 Å². The highest BCUT2D eigenvalue weighted by molar-refractivity contribution is 6.04. The summed E-state index contributed by atoms with van der Waals surface area (Å²) in [6, 6.07) is 11.6. The number of nitrogen functional groups attached to an aromatic ring is 1. The third kappa shape index (κ3) is 7.09. The number of carbonyl (C=O) groups is 2. The molecule has 2 amide bonds. The Morgan fingerprint density at radius 3 is 2.72 bits per heavy atom. The van der Waals surface area contributed by atoms with Gasteiger partial charge in [0.1, 0.15) is 41.1 Å². The van der Waals surface area contributed by atoms with Crippen LogP contribution in [0.1, 0.15) is 34.3 Å². The number of piperidine rings is 1. The first-order chi connectivity index (χ1) is 18.8. The van der Waals surface area contributed by atoms with E-state index in [-0.39, 0.29) is 36.1 Å². The molecule has 1 fully saturated rings. The fourth-order valence-electron chi connectivity index (χ4n) is 4.10. The van der Waals surface area contributed by atoms with Crippen molar-refractivity contribution in [3.63, 3.8) is 0 Å². The molecule has 0 aliphatic carbocycles. The summed E-state index contributed by atoms with van der Waals surface area (Å²) >= 11 is 0. The molecule has 0 spiro atoms. The van der Waals surface area contributed by atoms with Crippen LogP contribution >= 0.6 is 0 Å². The van der Waals surface area contributed by atoms with Crippen molar-refractivity contribution in [3.05, 3.63) is 71.5 Å². The number of nitrogens with zero attached hydrogens (tertiary/aromatic N) is 4. The van der Waals surface area contributed by atoms with Crippen LogP contribution in [-0.2, 0) is 4.79 Å². The molecule has 1 aliphatic rings. The quantitative estimate of drug-likeness (QED) is 0.215. The van der Waals surface area contributed by atoms with E-state index in [0.717, 1.165) is 18.4 Å². The Bertz CT molecular complexity index is 1440. The predicted molar refractivity (Wildman–Crippen MR) is 147 cm³/mol. The van der Waals surface area contributed by atoms with Crippen molar-refractivity contribution in [2.75, 3.05) is 30.7 Å². The van der Waals surface area contributed by atoms with Crippen molar-refractivity contribution in [1.82, 2.24) is 14.9 Å². The van der Waals surface area contributed by atoms with Crippen molar-refractivity contribution < 1.29 is 19.4 Å². The van der Waals surface area contributed by atoms with E-state index in [1.165, 1.54) is 6.20 Å². The molecule has 4 rings (SSSR count). The van der Waals surface area contributed by atoms with Gasteiger partial charge in [-0.15, -0.1) is 0 Å². The topological polar surface area (TPSA) is 169 Å². The summed E-state index contributed by atoms with van der Waals surface area (Å²) in [6.45, 7) is 2.45. The average Bonchev–Trinajstić information content (AvgIpc) is 2.92. The van der Waals surface area contributed by atoms with Crippen molar-refractivity contribution in [3.8, 4) is 23.3 Å². The summed E-state index contributed by atoms with van der Waals surface area (Å²) < 4.78 is 6.04. The van der Waals surface area contributed by atoms with Crippen LogP contribution in [0.3, 0.4) is 0 Å². The van der Waals surface area contributed by atoms with Crippen LogP contribution in [0.2, 0.25) is 0 Å². The van der Waals surface area contributed by atoms with E-state index in [1.807, 2.05) is 13.0 Å². The van der Waals surface area contributed by atoms with Crippen LogP contribution in [0.4, 0.5) is 11.6 Å². The van der Waals surface area contributed by atoms with Gasteiger partial charge in [0.05, 0.1) is 6.04 Å². The van der Waals surface area contributed by atoms with Crippen LogP contribution in [0.25, 0.3) is 0 Å². The van der Waals surface area contributed by atoms with Gasteiger partial charge in [-0.3, -0.25) is 14.6 Å². The molecule has 0 bridgehead atoms. The lowest BCUT2D eigenvalue weighted by atomic mass is 10.1. The lowest BCUT2D eigenvalue weighted by Gasteiger charge is -2.29.